The standard InChI is InChI=1S/C19H20BrNO2/c20-16-7-3-6-15(13-16)17-8-4-12-21(17)19(23)11-10-14-5-1-2-9-18(14)22/h1-3,5-7,9,13,17,22H,4,8,10-12H2/t17-/m1/s1. The zero-order valence-corrected chi connectivity index (χ0v) is 14.5. The average Bonchev–Trinajstić information content (AvgIpc) is 3.03. The molecule has 1 fully saturated rings. The van der Waals surface area contributed by atoms with Crippen LogP contribution in [0, 0.1) is 0 Å². The van der Waals surface area contributed by atoms with Crippen LogP contribution in [0.25, 0.3) is 0 Å². The first-order valence-corrected chi connectivity index (χ1v) is 8.76. The van der Waals surface area contributed by atoms with Gasteiger partial charge in [-0.1, -0.05) is 46.3 Å². The summed E-state index contributed by atoms with van der Waals surface area (Å²) in [6.45, 7) is 0.816. The molecule has 1 N–H and O–H groups in total. The Hall–Kier alpha value is -1.81. The van der Waals surface area contributed by atoms with Crippen molar-refractivity contribution in [2.45, 2.75) is 31.7 Å². The Labute approximate surface area is 145 Å². The third-order valence-corrected chi connectivity index (χ3v) is 4.90. The van der Waals surface area contributed by atoms with E-state index in [0.717, 1.165) is 29.4 Å². The normalized spacial score (nSPS) is 17.4. The number of para-hydroxylation sites is 1. The highest BCUT2D eigenvalue weighted by molar-refractivity contribution is 9.10. The second-order valence-corrected chi connectivity index (χ2v) is 6.84. The van der Waals surface area contributed by atoms with Crippen LogP contribution in [0.3, 0.4) is 0 Å². The molecule has 0 aromatic heterocycles. The number of rotatable bonds is 4. The third-order valence-electron chi connectivity index (χ3n) is 4.41. The lowest BCUT2D eigenvalue weighted by Gasteiger charge is -2.25. The first-order valence-electron chi connectivity index (χ1n) is 7.97. The SMILES string of the molecule is O=C(CCc1ccccc1O)N1CCC[C@@H]1c1cccc(Br)c1. The number of carbonyl (C=O) groups excluding carboxylic acids is 1. The minimum atomic E-state index is 0.163. The van der Waals surface area contributed by atoms with Crippen LogP contribution in [0.5, 0.6) is 5.75 Å². The van der Waals surface area contributed by atoms with Crippen molar-refractivity contribution in [3.8, 4) is 5.75 Å². The van der Waals surface area contributed by atoms with Gasteiger partial charge in [-0.2, -0.15) is 0 Å². The van der Waals surface area contributed by atoms with E-state index in [0.29, 0.717) is 12.8 Å². The van der Waals surface area contributed by atoms with Crippen LogP contribution < -0.4 is 0 Å². The first kappa shape index (κ1) is 16.1. The Morgan fingerprint density at radius 1 is 1.22 bits per heavy atom. The van der Waals surface area contributed by atoms with E-state index in [2.05, 4.69) is 28.1 Å². The van der Waals surface area contributed by atoms with Gasteiger partial charge in [-0.25, -0.2) is 0 Å². The van der Waals surface area contributed by atoms with Crippen molar-refractivity contribution in [3.05, 3.63) is 64.1 Å². The number of aromatic hydroxyl groups is 1. The molecule has 0 bridgehead atoms. The van der Waals surface area contributed by atoms with Crippen molar-refractivity contribution < 1.29 is 9.90 Å². The second-order valence-electron chi connectivity index (χ2n) is 5.93. The van der Waals surface area contributed by atoms with Crippen LogP contribution >= 0.6 is 15.9 Å². The van der Waals surface area contributed by atoms with Crippen LogP contribution in [0.2, 0.25) is 0 Å². The van der Waals surface area contributed by atoms with E-state index < -0.39 is 0 Å². The van der Waals surface area contributed by atoms with Crippen LogP contribution in [0.4, 0.5) is 0 Å². The molecule has 1 heterocycles. The fourth-order valence-corrected chi connectivity index (χ4v) is 3.65. The molecule has 23 heavy (non-hydrogen) atoms. The van der Waals surface area contributed by atoms with Gasteiger partial charge >= 0.3 is 0 Å². The van der Waals surface area contributed by atoms with Crippen molar-refractivity contribution in [2.24, 2.45) is 0 Å². The predicted octanol–water partition coefficient (Wildman–Crippen LogP) is 4.45. The highest BCUT2D eigenvalue weighted by Gasteiger charge is 2.29. The second kappa shape index (κ2) is 7.18. The highest BCUT2D eigenvalue weighted by atomic mass is 79.9. The smallest absolute Gasteiger partial charge is 0.223 e. The molecule has 1 aliphatic rings. The van der Waals surface area contributed by atoms with E-state index in [9.17, 15) is 9.90 Å². The summed E-state index contributed by atoms with van der Waals surface area (Å²) in [5.41, 5.74) is 2.02. The molecule has 0 saturated carbocycles. The van der Waals surface area contributed by atoms with E-state index in [-0.39, 0.29) is 17.7 Å². The molecular weight excluding hydrogens is 354 g/mol. The van der Waals surface area contributed by atoms with E-state index in [1.54, 1.807) is 12.1 Å². The maximum absolute atomic E-state index is 12.6. The van der Waals surface area contributed by atoms with Gasteiger partial charge in [0.25, 0.3) is 0 Å². The minimum absolute atomic E-state index is 0.163. The molecule has 3 nitrogen and oxygen atoms in total. The molecule has 1 amide bonds. The van der Waals surface area contributed by atoms with E-state index >= 15 is 0 Å². The molecular formula is C19H20BrNO2. The van der Waals surface area contributed by atoms with Gasteiger partial charge in [-0.15, -0.1) is 0 Å². The predicted molar refractivity (Wildman–Crippen MR) is 94.3 cm³/mol. The zero-order chi connectivity index (χ0) is 16.2. The zero-order valence-electron chi connectivity index (χ0n) is 12.9. The Morgan fingerprint density at radius 3 is 2.83 bits per heavy atom. The van der Waals surface area contributed by atoms with Gasteiger partial charge in [-0.05, 0) is 48.6 Å². The van der Waals surface area contributed by atoms with Crippen molar-refractivity contribution in [1.82, 2.24) is 4.90 Å². The fraction of sp³-hybridized carbons (Fsp3) is 0.316. The number of hydrogen-bond acceptors (Lipinski definition) is 2. The quantitative estimate of drug-likeness (QED) is 0.859. The number of benzene rings is 2. The van der Waals surface area contributed by atoms with Crippen LogP contribution in [-0.4, -0.2) is 22.5 Å². The summed E-state index contributed by atoms with van der Waals surface area (Å²) in [6, 6.07) is 15.6. The number of amides is 1. The van der Waals surface area contributed by atoms with E-state index in [1.807, 2.05) is 29.2 Å². The Morgan fingerprint density at radius 2 is 2.04 bits per heavy atom. The fourth-order valence-electron chi connectivity index (χ4n) is 3.23. The molecule has 1 aliphatic heterocycles. The molecule has 0 spiro atoms. The van der Waals surface area contributed by atoms with Gasteiger partial charge < -0.3 is 10.0 Å². The van der Waals surface area contributed by atoms with Gasteiger partial charge in [0.1, 0.15) is 5.75 Å². The number of aryl methyl sites for hydroxylation is 1. The lowest BCUT2D eigenvalue weighted by atomic mass is 10.0. The Kier molecular flexibility index (Phi) is 5.01. The van der Waals surface area contributed by atoms with Crippen molar-refractivity contribution >= 4 is 21.8 Å². The molecule has 3 rings (SSSR count). The van der Waals surface area contributed by atoms with E-state index in [4.69, 9.17) is 0 Å². The summed E-state index contributed by atoms with van der Waals surface area (Å²) in [4.78, 5) is 14.6. The summed E-state index contributed by atoms with van der Waals surface area (Å²) in [7, 11) is 0. The van der Waals surface area contributed by atoms with Crippen LogP contribution in [0.15, 0.2) is 53.0 Å². The van der Waals surface area contributed by atoms with Gasteiger partial charge in [0.2, 0.25) is 5.91 Å². The largest absolute Gasteiger partial charge is 0.508 e. The van der Waals surface area contributed by atoms with E-state index in [1.165, 1.54) is 5.56 Å². The highest BCUT2D eigenvalue weighted by Crippen LogP contribution is 2.33. The number of likely N-dealkylation sites (tertiary alicyclic amines) is 1. The van der Waals surface area contributed by atoms with Crippen LogP contribution in [-0.2, 0) is 11.2 Å². The summed E-state index contributed by atoms with van der Waals surface area (Å²) in [5.74, 6) is 0.431. The van der Waals surface area contributed by atoms with Crippen molar-refractivity contribution in [2.75, 3.05) is 6.54 Å². The monoisotopic (exact) mass is 373 g/mol. The molecule has 0 radical (unpaired) electrons. The number of hydrogen-bond donors (Lipinski definition) is 1. The lowest BCUT2D eigenvalue weighted by molar-refractivity contribution is -0.132. The Bertz CT molecular complexity index is 701. The summed E-state index contributed by atoms with van der Waals surface area (Å²) >= 11 is 3.50. The summed E-state index contributed by atoms with van der Waals surface area (Å²) in [5, 5.41) is 9.82. The molecule has 0 aliphatic carbocycles. The molecule has 2 aromatic rings. The molecule has 2 aromatic carbocycles. The Balaban J connectivity index is 1.68. The topological polar surface area (TPSA) is 40.5 Å². The number of halogens is 1. The third kappa shape index (κ3) is 3.75. The van der Waals surface area contributed by atoms with Gasteiger partial charge in [0.15, 0.2) is 0 Å². The number of nitrogens with zero attached hydrogens (tertiary/aromatic N) is 1. The minimum Gasteiger partial charge on any atom is -0.508 e. The summed E-state index contributed by atoms with van der Waals surface area (Å²) < 4.78 is 1.04. The summed E-state index contributed by atoms with van der Waals surface area (Å²) in [6.07, 6.45) is 3.06. The maximum Gasteiger partial charge on any atom is 0.223 e. The molecule has 1 saturated heterocycles. The molecule has 1 atom stereocenters. The number of phenolic OH excluding ortho intramolecular Hbond substituents is 1. The maximum atomic E-state index is 12.6. The number of carbonyl (C=O) groups is 1. The van der Waals surface area contributed by atoms with Crippen molar-refractivity contribution in [1.29, 1.82) is 0 Å². The van der Waals surface area contributed by atoms with Gasteiger partial charge in [-0.3, -0.25) is 4.79 Å². The molecule has 120 valence electrons. The van der Waals surface area contributed by atoms with Crippen LogP contribution in [0.1, 0.15) is 36.4 Å². The average molecular weight is 374 g/mol. The first-order chi connectivity index (χ1) is 11.1. The van der Waals surface area contributed by atoms with Crippen molar-refractivity contribution in [3.63, 3.8) is 0 Å². The van der Waals surface area contributed by atoms with Gasteiger partial charge in [0.05, 0.1) is 6.04 Å². The van der Waals surface area contributed by atoms with Gasteiger partial charge in [0, 0.05) is 17.4 Å². The number of phenols is 1. The molecule has 4 heteroatoms. The molecule has 0 unspecified atom stereocenters. The lowest BCUT2D eigenvalue weighted by Crippen LogP contribution is -2.30.